The van der Waals surface area contributed by atoms with E-state index in [1.807, 2.05) is 23.6 Å². The Kier molecular flexibility index (Phi) is 5.87. The molecule has 0 amide bonds. The Morgan fingerprint density at radius 1 is 1.12 bits per heavy atom. The molecule has 2 aromatic carbocycles. The molecule has 4 aromatic rings. The zero-order valence-corrected chi connectivity index (χ0v) is 19.5. The van der Waals surface area contributed by atoms with Crippen molar-refractivity contribution in [2.45, 2.75) is 24.9 Å². The van der Waals surface area contributed by atoms with Crippen LogP contribution in [-0.4, -0.2) is 68.8 Å². The van der Waals surface area contributed by atoms with E-state index in [1.165, 1.54) is 9.10 Å². The van der Waals surface area contributed by atoms with E-state index in [-0.39, 0.29) is 4.90 Å². The number of sulfonamides is 1. The summed E-state index contributed by atoms with van der Waals surface area (Å²) in [5.74, 6) is 1.18. The predicted octanol–water partition coefficient (Wildman–Crippen LogP) is 2.43. The number of aromatic nitrogens is 6. The molecule has 172 valence electrons. The average Bonchev–Trinajstić information content (AvgIpc) is 3.43. The minimum absolute atomic E-state index is 0.228. The second kappa shape index (κ2) is 8.82. The monoisotopic (exact) mass is 487 g/mol. The molecule has 0 spiro atoms. The van der Waals surface area contributed by atoms with E-state index >= 15 is 0 Å². The lowest BCUT2D eigenvalue weighted by molar-refractivity contribution is 0.0730. The minimum Gasteiger partial charge on any atom is -0.379 e. The number of imidazole rings is 1. The molecule has 0 N–H and O–H groups in total. The van der Waals surface area contributed by atoms with Crippen LogP contribution in [0.5, 0.6) is 0 Å². The molecular formula is C21H22ClN7O3S. The first kappa shape index (κ1) is 22.0. The van der Waals surface area contributed by atoms with Crippen LogP contribution in [0, 0.1) is 0 Å². The van der Waals surface area contributed by atoms with Gasteiger partial charge in [0.25, 0.3) is 0 Å². The molecule has 5 rings (SSSR count). The van der Waals surface area contributed by atoms with Gasteiger partial charge in [0.05, 0.1) is 29.1 Å². The van der Waals surface area contributed by atoms with E-state index in [4.69, 9.17) is 21.3 Å². The topological polar surface area (TPSA) is 108 Å². The molecule has 0 radical (unpaired) electrons. The van der Waals surface area contributed by atoms with Gasteiger partial charge in [-0.2, -0.15) is 9.10 Å². The SMILES string of the molecule is CCn1c(Cn2nnc(-c3cccc(Cl)c3)n2)nc2cc(S(=O)(=O)N3CCOCC3)ccc21. The van der Waals surface area contributed by atoms with Crippen LogP contribution in [0.4, 0.5) is 0 Å². The minimum atomic E-state index is -3.60. The number of hydrogen-bond donors (Lipinski definition) is 0. The molecule has 0 aliphatic carbocycles. The molecule has 1 saturated heterocycles. The maximum atomic E-state index is 13.0. The maximum absolute atomic E-state index is 13.0. The lowest BCUT2D eigenvalue weighted by Gasteiger charge is -2.26. The Hall–Kier alpha value is -2.86. The van der Waals surface area contributed by atoms with E-state index in [2.05, 4.69) is 15.4 Å². The molecule has 1 aliphatic heterocycles. The van der Waals surface area contributed by atoms with E-state index < -0.39 is 10.0 Å². The fourth-order valence-electron chi connectivity index (χ4n) is 3.91. The average molecular weight is 488 g/mol. The summed E-state index contributed by atoms with van der Waals surface area (Å²) in [5, 5.41) is 13.3. The number of nitrogens with zero attached hydrogens (tertiary/aromatic N) is 7. The third-order valence-corrected chi connectivity index (χ3v) is 7.67. The van der Waals surface area contributed by atoms with Gasteiger partial charge < -0.3 is 9.30 Å². The molecule has 0 unspecified atom stereocenters. The summed E-state index contributed by atoms with van der Waals surface area (Å²) in [6.45, 7) is 4.47. The van der Waals surface area contributed by atoms with Gasteiger partial charge in [-0.3, -0.25) is 0 Å². The lowest BCUT2D eigenvalue weighted by Crippen LogP contribution is -2.40. The van der Waals surface area contributed by atoms with E-state index in [9.17, 15) is 8.42 Å². The molecule has 1 fully saturated rings. The molecule has 0 bridgehead atoms. The van der Waals surface area contributed by atoms with E-state index in [1.54, 1.807) is 30.3 Å². The number of ether oxygens (including phenoxy) is 1. The van der Waals surface area contributed by atoms with Gasteiger partial charge in [0.15, 0.2) is 0 Å². The standard InChI is InChI=1S/C21H22ClN7O3S/c1-2-28-19-7-6-17(33(30,31)27-8-10-32-11-9-27)13-18(19)23-20(28)14-29-25-21(24-26-29)15-4-3-5-16(22)12-15/h3-7,12-13H,2,8-11,14H2,1H3. The van der Waals surface area contributed by atoms with Crippen LogP contribution < -0.4 is 0 Å². The predicted molar refractivity (Wildman–Crippen MR) is 122 cm³/mol. The first-order valence-electron chi connectivity index (χ1n) is 10.6. The van der Waals surface area contributed by atoms with Crippen molar-refractivity contribution in [2.24, 2.45) is 0 Å². The van der Waals surface area contributed by atoms with Crippen LogP contribution in [0.15, 0.2) is 47.4 Å². The molecule has 10 nitrogen and oxygen atoms in total. The molecule has 3 heterocycles. The van der Waals surface area contributed by atoms with Crippen molar-refractivity contribution >= 4 is 32.7 Å². The van der Waals surface area contributed by atoms with Gasteiger partial charge >= 0.3 is 0 Å². The molecule has 33 heavy (non-hydrogen) atoms. The third kappa shape index (κ3) is 4.24. The quantitative estimate of drug-likeness (QED) is 0.411. The second-order valence-electron chi connectivity index (χ2n) is 7.59. The van der Waals surface area contributed by atoms with E-state index in [0.717, 1.165) is 11.1 Å². The van der Waals surface area contributed by atoms with Crippen molar-refractivity contribution in [1.29, 1.82) is 0 Å². The Bertz CT molecular complexity index is 1410. The van der Waals surface area contributed by atoms with Gasteiger partial charge in [0, 0.05) is 30.2 Å². The van der Waals surface area contributed by atoms with Crippen molar-refractivity contribution in [3.05, 3.63) is 53.3 Å². The van der Waals surface area contributed by atoms with Crippen LogP contribution in [0.2, 0.25) is 5.02 Å². The van der Waals surface area contributed by atoms with Gasteiger partial charge in [0.1, 0.15) is 12.4 Å². The number of benzene rings is 2. The lowest BCUT2D eigenvalue weighted by atomic mass is 10.2. The second-order valence-corrected chi connectivity index (χ2v) is 9.97. The number of rotatable bonds is 6. The number of halogens is 1. The Balaban J connectivity index is 1.45. The smallest absolute Gasteiger partial charge is 0.243 e. The summed E-state index contributed by atoms with van der Waals surface area (Å²) in [6, 6.07) is 12.3. The number of tetrazole rings is 1. The normalized spacial score (nSPS) is 15.3. The number of fused-ring (bicyclic) bond motifs is 1. The number of aryl methyl sites for hydroxylation is 1. The number of morpholine rings is 1. The summed E-state index contributed by atoms with van der Waals surface area (Å²) < 4.78 is 34.8. The highest BCUT2D eigenvalue weighted by Crippen LogP contribution is 2.24. The van der Waals surface area contributed by atoms with Crippen LogP contribution >= 0.6 is 11.6 Å². The van der Waals surface area contributed by atoms with Crippen LogP contribution in [0.1, 0.15) is 12.7 Å². The third-order valence-electron chi connectivity index (χ3n) is 5.54. The summed E-state index contributed by atoms with van der Waals surface area (Å²) >= 11 is 6.06. The molecule has 12 heteroatoms. The van der Waals surface area contributed by atoms with Gasteiger partial charge in [-0.25, -0.2) is 13.4 Å². The van der Waals surface area contributed by atoms with Gasteiger partial charge in [-0.15, -0.1) is 10.2 Å². The van der Waals surface area contributed by atoms with Crippen LogP contribution in [0.25, 0.3) is 22.4 Å². The zero-order chi connectivity index (χ0) is 23.0. The Morgan fingerprint density at radius 3 is 2.70 bits per heavy atom. The van der Waals surface area contributed by atoms with Crippen molar-refractivity contribution in [3.8, 4) is 11.4 Å². The first-order valence-corrected chi connectivity index (χ1v) is 12.4. The van der Waals surface area contributed by atoms with Gasteiger partial charge in [-0.1, -0.05) is 23.7 Å². The van der Waals surface area contributed by atoms with Gasteiger partial charge in [0.2, 0.25) is 15.8 Å². The fourth-order valence-corrected chi connectivity index (χ4v) is 5.53. The maximum Gasteiger partial charge on any atom is 0.243 e. The highest BCUT2D eigenvalue weighted by molar-refractivity contribution is 7.89. The van der Waals surface area contributed by atoms with Crippen molar-refractivity contribution in [2.75, 3.05) is 26.3 Å². The summed E-state index contributed by atoms with van der Waals surface area (Å²) in [7, 11) is -3.60. The summed E-state index contributed by atoms with van der Waals surface area (Å²) in [4.78, 5) is 6.40. The van der Waals surface area contributed by atoms with Crippen molar-refractivity contribution < 1.29 is 13.2 Å². The van der Waals surface area contributed by atoms with Gasteiger partial charge in [-0.05, 0) is 42.5 Å². The molecular weight excluding hydrogens is 466 g/mol. The van der Waals surface area contributed by atoms with Crippen molar-refractivity contribution in [1.82, 2.24) is 34.1 Å². The first-order chi connectivity index (χ1) is 16.0. The summed E-state index contributed by atoms with van der Waals surface area (Å²) in [5.41, 5.74) is 2.23. The largest absolute Gasteiger partial charge is 0.379 e. The fraction of sp³-hybridized carbons (Fsp3) is 0.333. The Labute approximate surface area is 195 Å². The molecule has 1 aliphatic rings. The Morgan fingerprint density at radius 2 is 1.94 bits per heavy atom. The number of hydrogen-bond acceptors (Lipinski definition) is 7. The molecule has 0 atom stereocenters. The van der Waals surface area contributed by atoms with Crippen LogP contribution in [-0.2, 0) is 27.8 Å². The van der Waals surface area contributed by atoms with E-state index in [0.29, 0.717) is 61.6 Å². The summed E-state index contributed by atoms with van der Waals surface area (Å²) in [6.07, 6.45) is 0. The highest BCUT2D eigenvalue weighted by atomic mass is 35.5. The highest BCUT2D eigenvalue weighted by Gasteiger charge is 2.27. The molecule has 0 saturated carbocycles. The zero-order valence-electron chi connectivity index (χ0n) is 17.9. The molecule has 2 aromatic heterocycles. The van der Waals surface area contributed by atoms with Crippen molar-refractivity contribution in [3.63, 3.8) is 0 Å². The van der Waals surface area contributed by atoms with Crippen LogP contribution in [0.3, 0.4) is 0 Å².